The molecular weight excluding hydrogens is 618 g/mol. The predicted molar refractivity (Wildman–Crippen MR) is 142 cm³/mol. The van der Waals surface area contributed by atoms with Gasteiger partial charge in [-0.05, 0) is 30.2 Å². The minimum atomic E-state index is -5.08. The van der Waals surface area contributed by atoms with Gasteiger partial charge < -0.3 is 15.3 Å². The van der Waals surface area contributed by atoms with Gasteiger partial charge in [-0.2, -0.15) is 26.3 Å². The average molecular weight is 645 g/mol. The standard InChI is InChI=1S/C23H26ClF3N4O3S.C2HF3O2/c1-30(13-9-16-3-5-17(6-4-16)22-28-11-12-29-22)21(32)10-14-31(2)35(33,34)20-8-7-18(15-19(20)24)23(25,26)27;3-2(4,5)1(6)7/h3-8,15H,9-14H2,1-2H3,(H,28,29);(H,6,7). The number of alkyl halides is 6. The van der Waals surface area contributed by atoms with Crippen molar-refractivity contribution < 1.29 is 49.5 Å². The van der Waals surface area contributed by atoms with Crippen molar-refractivity contribution in [1.82, 2.24) is 14.5 Å². The molecule has 0 atom stereocenters. The van der Waals surface area contributed by atoms with Crippen molar-refractivity contribution in [2.45, 2.75) is 30.1 Å². The van der Waals surface area contributed by atoms with E-state index in [2.05, 4.69) is 10.3 Å². The Morgan fingerprint density at radius 1 is 1.02 bits per heavy atom. The number of aliphatic imine (C=N–C) groups is 1. The zero-order valence-electron chi connectivity index (χ0n) is 22.3. The number of carbonyl (C=O) groups excluding carboxylic acids is 1. The molecule has 1 amide bonds. The highest BCUT2D eigenvalue weighted by molar-refractivity contribution is 7.89. The molecule has 1 heterocycles. The van der Waals surface area contributed by atoms with Crippen molar-refractivity contribution in [2.24, 2.45) is 4.99 Å². The van der Waals surface area contributed by atoms with Crippen LogP contribution in [0.1, 0.15) is 23.1 Å². The number of carboxylic acid groups (broad SMARTS) is 1. The van der Waals surface area contributed by atoms with Gasteiger partial charge in [0.25, 0.3) is 0 Å². The fourth-order valence-corrected chi connectivity index (χ4v) is 5.15. The second-order valence-corrected chi connectivity index (χ2v) is 11.4. The van der Waals surface area contributed by atoms with Gasteiger partial charge in [-0.3, -0.25) is 9.79 Å². The first-order chi connectivity index (χ1) is 19.3. The molecule has 2 aromatic rings. The Bertz CT molecular complexity index is 1400. The molecule has 1 aliphatic heterocycles. The minimum absolute atomic E-state index is 0.0884. The highest BCUT2D eigenvalue weighted by atomic mass is 35.5. The molecule has 1 aliphatic rings. The maximum Gasteiger partial charge on any atom is 0.490 e. The molecule has 2 aromatic carbocycles. The zero-order valence-corrected chi connectivity index (χ0v) is 23.8. The van der Waals surface area contributed by atoms with Crippen molar-refractivity contribution in [3.8, 4) is 0 Å². The van der Waals surface area contributed by atoms with E-state index in [1.54, 1.807) is 7.05 Å². The van der Waals surface area contributed by atoms with E-state index in [9.17, 15) is 39.6 Å². The molecule has 0 unspecified atom stereocenters. The number of sulfonamides is 1. The van der Waals surface area contributed by atoms with Gasteiger partial charge in [0.2, 0.25) is 15.9 Å². The first-order valence-electron chi connectivity index (χ1n) is 12.1. The summed E-state index contributed by atoms with van der Waals surface area (Å²) in [7, 11) is -1.29. The fraction of sp³-hybridized carbons (Fsp3) is 0.400. The number of rotatable bonds is 9. The molecule has 0 spiro atoms. The smallest absolute Gasteiger partial charge is 0.475 e. The van der Waals surface area contributed by atoms with Gasteiger partial charge in [-0.25, -0.2) is 17.5 Å². The molecule has 0 fully saturated rings. The van der Waals surface area contributed by atoms with Crippen LogP contribution >= 0.6 is 11.6 Å². The third-order valence-corrected chi connectivity index (χ3v) is 8.23. The molecular formula is C25H27ClF6N4O5S. The van der Waals surface area contributed by atoms with Crippen molar-refractivity contribution >= 4 is 39.3 Å². The second-order valence-electron chi connectivity index (χ2n) is 8.94. The lowest BCUT2D eigenvalue weighted by Crippen LogP contribution is -2.34. The Balaban J connectivity index is 0.000000782. The van der Waals surface area contributed by atoms with Crippen LogP contribution in [0.5, 0.6) is 0 Å². The summed E-state index contributed by atoms with van der Waals surface area (Å²) < 4.78 is 96.6. The number of amides is 1. The molecule has 0 aromatic heterocycles. The van der Waals surface area contributed by atoms with E-state index in [4.69, 9.17) is 21.5 Å². The number of halogens is 7. The van der Waals surface area contributed by atoms with Crippen molar-refractivity contribution in [3.05, 3.63) is 64.2 Å². The molecule has 9 nitrogen and oxygen atoms in total. The topological polar surface area (TPSA) is 119 Å². The summed E-state index contributed by atoms with van der Waals surface area (Å²) in [5.41, 5.74) is 1.01. The summed E-state index contributed by atoms with van der Waals surface area (Å²) in [5.74, 6) is -2.14. The number of nitrogens with zero attached hydrogens (tertiary/aromatic N) is 3. The number of carboxylic acids is 1. The number of carbonyl (C=O) groups is 2. The van der Waals surface area contributed by atoms with E-state index < -0.39 is 43.8 Å². The van der Waals surface area contributed by atoms with Gasteiger partial charge in [0.15, 0.2) is 0 Å². The number of aliphatic carboxylic acids is 1. The zero-order chi connectivity index (χ0) is 31.9. The molecule has 0 radical (unpaired) electrons. The van der Waals surface area contributed by atoms with E-state index in [1.807, 2.05) is 24.3 Å². The second kappa shape index (κ2) is 14.2. The third kappa shape index (κ3) is 9.87. The van der Waals surface area contributed by atoms with E-state index in [-0.39, 0.29) is 18.9 Å². The number of amidine groups is 1. The Kier molecular flexibility index (Phi) is 11.8. The first-order valence-corrected chi connectivity index (χ1v) is 13.9. The largest absolute Gasteiger partial charge is 0.490 e. The van der Waals surface area contributed by atoms with Crippen molar-refractivity contribution in [2.75, 3.05) is 40.3 Å². The van der Waals surface area contributed by atoms with Gasteiger partial charge >= 0.3 is 18.3 Å². The summed E-state index contributed by atoms with van der Waals surface area (Å²) in [6.45, 7) is 1.89. The van der Waals surface area contributed by atoms with Crippen LogP contribution in [-0.2, 0) is 32.2 Å². The van der Waals surface area contributed by atoms with Crippen LogP contribution < -0.4 is 5.32 Å². The van der Waals surface area contributed by atoms with Crippen LogP contribution in [0, 0.1) is 0 Å². The molecule has 0 aliphatic carbocycles. The SMILES string of the molecule is CN(CCc1ccc(C2=NCCN2)cc1)C(=O)CCN(C)S(=O)(=O)c1ccc(C(F)(F)F)cc1Cl.O=C(O)C(F)(F)F. The minimum Gasteiger partial charge on any atom is -0.475 e. The molecule has 42 heavy (non-hydrogen) atoms. The first kappa shape index (κ1) is 34.8. The van der Waals surface area contributed by atoms with Gasteiger partial charge in [0.1, 0.15) is 10.7 Å². The lowest BCUT2D eigenvalue weighted by molar-refractivity contribution is -0.192. The molecule has 3 rings (SSSR count). The monoisotopic (exact) mass is 644 g/mol. The third-order valence-electron chi connectivity index (χ3n) is 5.89. The number of benzene rings is 2. The van der Waals surface area contributed by atoms with E-state index in [0.29, 0.717) is 25.1 Å². The maximum absolute atomic E-state index is 12.8. The lowest BCUT2D eigenvalue weighted by atomic mass is 10.1. The van der Waals surface area contributed by atoms with Crippen molar-refractivity contribution in [1.29, 1.82) is 0 Å². The summed E-state index contributed by atoms with van der Waals surface area (Å²) >= 11 is 5.83. The molecule has 0 bridgehead atoms. The van der Waals surface area contributed by atoms with Gasteiger partial charge in [-0.1, -0.05) is 35.9 Å². The number of hydrogen-bond donors (Lipinski definition) is 2. The summed E-state index contributed by atoms with van der Waals surface area (Å²) in [5, 5.41) is 9.81. The Labute approximate surface area is 242 Å². The Morgan fingerprint density at radius 3 is 2.10 bits per heavy atom. The summed E-state index contributed by atoms with van der Waals surface area (Å²) in [6.07, 6.45) is -9.19. The van der Waals surface area contributed by atoms with E-state index in [1.165, 1.54) is 11.9 Å². The van der Waals surface area contributed by atoms with Gasteiger partial charge in [0, 0.05) is 45.7 Å². The quantitative estimate of drug-likeness (QED) is 0.398. The molecule has 232 valence electrons. The molecule has 0 saturated heterocycles. The van der Waals surface area contributed by atoms with Crippen LogP contribution in [0.2, 0.25) is 5.02 Å². The van der Waals surface area contributed by atoms with Gasteiger partial charge in [0.05, 0.1) is 17.1 Å². The summed E-state index contributed by atoms with van der Waals surface area (Å²) in [6, 6.07) is 9.96. The predicted octanol–water partition coefficient (Wildman–Crippen LogP) is 4.05. The molecule has 0 saturated carbocycles. The normalized spacial score (nSPS) is 13.6. The average Bonchev–Trinajstić information content (AvgIpc) is 3.44. The Hall–Kier alpha value is -3.37. The fourth-order valence-electron chi connectivity index (χ4n) is 3.46. The molecule has 17 heteroatoms. The van der Waals surface area contributed by atoms with Crippen molar-refractivity contribution in [3.63, 3.8) is 0 Å². The van der Waals surface area contributed by atoms with Crippen LogP contribution in [0.15, 0.2) is 52.4 Å². The van der Waals surface area contributed by atoms with E-state index in [0.717, 1.165) is 40.4 Å². The van der Waals surface area contributed by atoms with Gasteiger partial charge in [-0.15, -0.1) is 0 Å². The molecule has 2 N–H and O–H groups in total. The van der Waals surface area contributed by atoms with E-state index >= 15 is 0 Å². The lowest BCUT2D eigenvalue weighted by Gasteiger charge is -2.21. The van der Waals surface area contributed by atoms with Crippen LogP contribution in [-0.4, -0.2) is 86.9 Å². The highest BCUT2D eigenvalue weighted by Gasteiger charge is 2.38. The summed E-state index contributed by atoms with van der Waals surface area (Å²) in [4.78, 5) is 26.9. The van der Waals surface area contributed by atoms with Crippen LogP contribution in [0.4, 0.5) is 26.3 Å². The van der Waals surface area contributed by atoms with Crippen LogP contribution in [0.25, 0.3) is 0 Å². The number of likely N-dealkylation sites (N-methyl/N-ethyl adjacent to an activating group) is 1. The van der Waals surface area contributed by atoms with Crippen LogP contribution in [0.3, 0.4) is 0 Å². The number of hydrogen-bond acceptors (Lipinski definition) is 6. The number of nitrogens with one attached hydrogen (secondary N) is 1. The highest BCUT2D eigenvalue weighted by Crippen LogP contribution is 2.34. The Morgan fingerprint density at radius 2 is 1.62 bits per heavy atom. The maximum atomic E-state index is 12.8.